The number of likely N-dealkylation sites (N-methyl/N-ethyl adjacent to an activating group) is 1. The summed E-state index contributed by atoms with van der Waals surface area (Å²) in [5.41, 5.74) is 0. The van der Waals surface area contributed by atoms with Gasteiger partial charge in [-0.2, -0.15) is 0 Å². The van der Waals surface area contributed by atoms with Crippen molar-refractivity contribution in [2.24, 2.45) is 17.8 Å². The van der Waals surface area contributed by atoms with Gasteiger partial charge in [0.15, 0.2) is 18.2 Å². The molecule has 0 aromatic rings. The summed E-state index contributed by atoms with van der Waals surface area (Å²) in [5, 5.41) is 31.4. The summed E-state index contributed by atoms with van der Waals surface area (Å²) < 4.78 is 35.4. The quantitative estimate of drug-likeness (QED) is 0.149. The van der Waals surface area contributed by atoms with E-state index >= 15 is 0 Å². The number of nitrogens with zero attached hydrogens (tertiary/aromatic N) is 1. The lowest BCUT2D eigenvalue weighted by Crippen LogP contribution is -2.58. The Morgan fingerprint density at radius 3 is 2.40 bits per heavy atom. The van der Waals surface area contributed by atoms with E-state index in [1.807, 2.05) is 53.6 Å². The van der Waals surface area contributed by atoms with Crippen LogP contribution in [-0.2, 0) is 38.0 Å². The summed E-state index contributed by atoms with van der Waals surface area (Å²) in [4.78, 5) is 27.9. The first-order chi connectivity index (χ1) is 22.7. The zero-order valence-electron chi connectivity index (χ0n) is 30.0. The highest BCUT2D eigenvalue weighted by molar-refractivity contribution is 5.91. The lowest BCUT2D eigenvalue weighted by atomic mass is 9.84. The largest absolute Gasteiger partial charge is 0.454 e. The van der Waals surface area contributed by atoms with E-state index in [1.165, 1.54) is 13.2 Å². The fourth-order valence-electron chi connectivity index (χ4n) is 6.82. The average Bonchev–Trinajstić information content (AvgIpc) is 3.09. The molecule has 12 nitrogen and oxygen atoms in total. The number of methoxy groups -OCH3 is 1. The van der Waals surface area contributed by atoms with E-state index in [9.17, 15) is 24.9 Å². The maximum absolute atomic E-state index is 13.1. The normalized spacial score (nSPS) is 40.3. The Hall–Kier alpha value is -2.00. The van der Waals surface area contributed by atoms with Crippen LogP contribution in [0.3, 0.4) is 0 Å². The number of carbonyl (C=O) groups is 2. The molecule has 0 amide bonds. The summed E-state index contributed by atoms with van der Waals surface area (Å²) in [6, 6.07) is -0.00546. The van der Waals surface area contributed by atoms with Crippen LogP contribution in [0.4, 0.5) is 0 Å². The van der Waals surface area contributed by atoms with E-state index in [4.69, 9.17) is 28.4 Å². The van der Waals surface area contributed by atoms with E-state index < -0.39 is 61.1 Å². The van der Waals surface area contributed by atoms with E-state index in [1.54, 1.807) is 37.3 Å². The van der Waals surface area contributed by atoms with Gasteiger partial charge in [-0.05, 0) is 59.2 Å². The molecule has 0 unspecified atom stereocenters. The van der Waals surface area contributed by atoms with Gasteiger partial charge < -0.3 is 48.6 Å². The number of rotatable bonds is 13. The van der Waals surface area contributed by atoms with Crippen LogP contribution in [0.15, 0.2) is 36.5 Å². The van der Waals surface area contributed by atoms with Crippen molar-refractivity contribution in [3.63, 3.8) is 0 Å². The lowest BCUT2D eigenvalue weighted by molar-refractivity contribution is -0.304. The van der Waals surface area contributed by atoms with E-state index in [2.05, 4.69) is 0 Å². The van der Waals surface area contributed by atoms with Gasteiger partial charge in [0.25, 0.3) is 0 Å². The Bertz CT molecular complexity index is 1110. The highest BCUT2D eigenvalue weighted by Gasteiger charge is 2.44. The van der Waals surface area contributed by atoms with E-state index in [-0.39, 0.29) is 48.4 Å². The van der Waals surface area contributed by atoms with Gasteiger partial charge >= 0.3 is 5.97 Å². The number of ketones is 1. The molecule has 0 aromatic carbocycles. The minimum absolute atomic E-state index is 0.00546. The van der Waals surface area contributed by atoms with Crippen molar-refractivity contribution >= 4 is 11.8 Å². The minimum atomic E-state index is -1.21. The molecule has 12 heteroatoms. The van der Waals surface area contributed by atoms with Crippen LogP contribution < -0.4 is 0 Å². The average molecular weight is 682 g/mol. The molecule has 3 heterocycles. The Morgan fingerprint density at radius 1 is 1.04 bits per heavy atom. The third-order valence-corrected chi connectivity index (χ3v) is 9.75. The Labute approximate surface area is 286 Å². The van der Waals surface area contributed by atoms with Crippen LogP contribution in [0.2, 0.25) is 0 Å². The molecule has 3 aliphatic rings. The summed E-state index contributed by atoms with van der Waals surface area (Å²) in [6.45, 7) is 11.4. The van der Waals surface area contributed by atoms with Crippen molar-refractivity contribution in [1.82, 2.24) is 4.90 Å². The fraction of sp³-hybridized carbons (Fsp3) is 0.778. The number of esters is 1. The number of aliphatic hydroxyl groups is 3. The lowest BCUT2D eigenvalue weighted by Gasteiger charge is -2.41. The van der Waals surface area contributed by atoms with Crippen molar-refractivity contribution < 1.29 is 53.3 Å². The van der Waals surface area contributed by atoms with Crippen molar-refractivity contribution in [2.45, 2.75) is 134 Å². The van der Waals surface area contributed by atoms with Crippen LogP contribution in [0.1, 0.15) is 60.8 Å². The third kappa shape index (κ3) is 10.7. The maximum Gasteiger partial charge on any atom is 0.330 e. The molecule has 3 rings (SSSR count). The van der Waals surface area contributed by atoms with Gasteiger partial charge in [-0.3, -0.25) is 4.79 Å². The number of hydrogen-bond acceptors (Lipinski definition) is 12. The molecular weight excluding hydrogens is 622 g/mol. The van der Waals surface area contributed by atoms with Crippen LogP contribution in [0.5, 0.6) is 0 Å². The molecular formula is C36H59NO11. The van der Waals surface area contributed by atoms with Crippen molar-refractivity contribution in [3.8, 4) is 0 Å². The topological polar surface area (TPSA) is 153 Å². The number of allylic oxidation sites excluding steroid dienone is 3. The zero-order chi connectivity index (χ0) is 35.7. The third-order valence-electron chi connectivity index (χ3n) is 9.75. The zero-order valence-corrected chi connectivity index (χ0v) is 30.0. The predicted octanol–water partition coefficient (Wildman–Crippen LogP) is 2.58. The molecule has 15 atom stereocenters. The predicted molar refractivity (Wildman–Crippen MR) is 179 cm³/mol. The summed E-state index contributed by atoms with van der Waals surface area (Å²) in [6.07, 6.45) is 4.06. The van der Waals surface area contributed by atoms with Crippen molar-refractivity contribution in [3.05, 3.63) is 36.5 Å². The second kappa shape index (κ2) is 18.8. The van der Waals surface area contributed by atoms with E-state index in [0.717, 1.165) is 6.42 Å². The molecule has 0 saturated carbocycles. The summed E-state index contributed by atoms with van der Waals surface area (Å²) >= 11 is 0. The molecule has 3 aliphatic heterocycles. The van der Waals surface area contributed by atoms with Gasteiger partial charge in [0.1, 0.15) is 24.4 Å². The molecule has 2 fully saturated rings. The molecule has 0 spiro atoms. The highest BCUT2D eigenvalue weighted by atomic mass is 16.7. The SMILES string of the molecule is CC[C@H]1O[C@@H]([C@@H](C)C[C@@H](C)C(=O)/C=C/C=C[C@@H]2O[C@H](C)C[C@H](N(C)C)[C@H]2O)[C@@H](C)/C=C/C(=O)O[C@@H]1CO[C@@H]1O[C@H](C)[C@@H](O)[C@@H](O)[C@H]1OC. The maximum atomic E-state index is 13.1. The standard InChI is InChI=1S/C36H59NO11/c1-10-27-29(19-44-36-35(43-9)33(42)31(40)24(6)46-36)47-30(39)16-15-20(2)34(48-27)22(4)17-21(3)26(38)13-11-12-14-28-32(41)25(37(7)8)18-23(5)45-28/h11-16,20-25,27-29,31-36,40-42H,10,17-19H2,1-9H3/b13-11+,14-12?,16-15+/t20-,21+,22-,23+,24+,25-,27+,28-,29+,31+,32+,33+,34+,35+,36+/m0/s1. The van der Waals surface area contributed by atoms with Crippen LogP contribution >= 0.6 is 0 Å². The van der Waals surface area contributed by atoms with Crippen molar-refractivity contribution in [1.29, 1.82) is 0 Å². The fourth-order valence-corrected chi connectivity index (χ4v) is 6.82. The van der Waals surface area contributed by atoms with Gasteiger partial charge in [-0.25, -0.2) is 4.79 Å². The number of cyclic esters (lactones) is 1. The Kier molecular flexibility index (Phi) is 15.9. The van der Waals surface area contributed by atoms with Crippen LogP contribution in [0.25, 0.3) is 0 Å². The first-order valence-electron chi connectivity index (χ1n) is 17.3. The Balaban J connectivity index is 1.64. The molecule has 2 saturated heterocycles. The first kappa shape index (κ1) is 40.4. The molecule has 0 bridgehead atoms. The molecule has 274 valence electrons. The summed E-state index contributed by atoms with van der Waals surface area (Å²) in [5.74, 6) is -1.04. The second-order valence-corrected chi connectivity index (χ2v) is 13.9. The monoisotopic (exact) mass is 681 g/mol. The first-order valence-corrected chi connectivity index (χ1v) is 17.3. The number of aliphatic hydroxyl groups excluding tert-OH is 3. The molecule has 0 aromatic heterocycles. The Morgan fingerprint density at radius 2 is 1.75 bits per heavy atom. The van der Waals surface area contributed by atoms with Crippen LogP contribution in [0, 0.1) is 17.8 Å². The smallest absolute Gasteiger partial charge is 0.330 e. The minimum Gasteiger partial charge on any atom is -0.454 e. The van der Waals surface area contributed by atoms with Gasteiger partial charge in [-0.1, -0.05) is 52.0 Å². The second-order valence-electron chi connectivity index (χ2n) is 13.9. The van der Waals surface area contributed by atoms with Gasteiger partial charge in [-0.15, -0.1) is 0 Å². The number of hydrogen-bond donors (Lipinski definition) is 3. The van der Waals surface area contributed by atoms with Crippen molar-refractivity contribution in [2.75, 3.05) is 27.8 Å². The number of carbonyl (C=O) groups excluding carboxylic acids is 2. The molecule has 3 N–H and O–H groups in total. The van der Waals surface area contributed by atoms with Gasteiger partial charge in [0, 0.05) is 31.1 Å². The van der Waals surface area contributed by atoms with E-state index in [0.29, 0.717) is 12.8 Å². The molecule has 0 aliphatic carbocycles. The molecule has 0 radical (unpaired) electrons. The molecule has 48 heavy (non-hydrogen) atoms. The highest BCUT2D eigenvalue weighted by Crippen LogP contribution is 2.30. The number of ether oxygens (including phenoxy) is 6. The van der Waals surface area contributed by atoms with Gasteiger partial charge in [0.2, 0.25) is 0 Å². The van der Waals surface area contributed by atoms with Gasteiger partial charge in [0.05, 0.1) is 37.1 Å². The summed E-state index contributed by atoms with van der Waals surface area (Å²) in [7, 11) is 5.28. The van der Waals surface area contributed by atoms with Crippen LogP contribution in [-0.4, -0.2) is 133 Å².